The van der Waals surface area contributed by atoms with Gasteiger partial charge in [0.15, 0.2) is 0 Å². The predicted octanol–water partition coefficient (Wildman–Crippen LogP) is 2.66. The van der Waals surface area contributed by atoms with E-state index in [1.807, 2.05) is 12.4 Å². The lowest BCUT2D eigenvalue weighted by atomic mass is 10.1. The maximum atomic E-state index is 4.13. The lowest BCUT2D eigenvalue weighted by Gasteiger charge is -2.20. The molecule has 0 aliphatic carbocycles. The van der Waals surface area contributed by atoms with Crippen LogP contribution >= 0.6 is 0 Å². The van der Waals surface area contributed by atoms with E-state index in [4.69, 9.17) is 0 Å². The highest BCUT2D eigenvalue weighted by atomic mass is 15.1. The van der Waals surface area contributed by atoms with Crippen molar-refractivity contribution in [2.24, 2.45) is 0 Å². The molecule has 2 rings (SSSR count). The zero-order valence-corrected chi connectivity index (χ0v) is 12.1. The molecular formula is C16H23N3. The number of nitrogens with zero attached hydrogens (tertiary/aromatic N) is 2. The van der Waals surface area contributed by atoms with Crippen molar-refractivity contribution in [1.82, 2.24) is 15.2 Å². The molecule has 0 aliphatic heterocycles. The van der Waals surface area contributed by atoms with Gasteiger partial charge in [0.1, 0.15) is 0 Å². The summed E-state index contributed by atoms with van der Waals surface area (Å²) in [5.74, 6) is 0. The van der Waals surface area contributed by atoms with Gasteiger partial charge in [-0.1, -0.05) is 12.1 Å². The summed E-state index contributed by atoms with van der Waals surface area (Å²) < 4.78 is 0. The van der Waals surface area contributed by atoms with Crippen molar-refractivity contribution in [1.29, 1.82) is 0 Å². The van der Waals surface area contributed by atoms with Crippen LogP contribution in [-0.2, 0) is 6.54 Å². The molecule has 1 N–H and O–H groups in total. The van der Waals surface area contributed by atoms with Crippen LogP contribution in [0.1, 0.15) is 19.4 Å². The van der Waals surface area contributed by atoms with E-state index in [1.54, 1.807) is 0 Å². The van der Waals surface area contributed by atoms with E-state index in [9.17, 15) is 0 Å². The quantitative estimate of drug-likeness (QED) is 0.806. The highest BCUT2D eigenvalue weighted by Crippen LogP contribution is 2.14. The third-order valence-electron chi connectivity index (χ3n) is 3.56. The number of benzene rings is 1. The van der Waals surface area contributed by atoms with E-state index < -0.39 is 0 Å². The van der Waals surface area contributed by atoms with Crippen LogP contribution in [0.15, 0.2) is 36.7 Å². The van der Waals surface area contributed by atoms with Gasteiger partial charge >= 0.3 is 0 Å². The molecule has 0 aliphatic rings. The van der Waals surface area contributed by atoms with Crippen LogP contribution in [-0.4, -0.2) is 36.1 Å². The Morgan fingerprint density at radius 2 is 2.05 bits per heavy atom. The van der Waals surface area contributed by atoms with E-state index >= 15 is 0 Å². The fourth-order valence-electron chi connectivity index (χ4n) is 1.99. The highest BCUT2D eigenvalue weighted by molar-refractivity contribution is 5.81. The Morgan fingerprint density at radius 1 is 1.21 bits per heavy atom. The minimum absolute atomic E-state index is 0.606. The average Bonchev–Trinajstić information content (AvgIpc) is 2.43. The van der Waals surface area contributed by atoms with Crippen molar-refractivity contribution >= 4 is 10.8 Å². The largest absolute Gasteiger partial charge is 0.311 e. The van der Waals surface area contributed by atoms with Gasteiger partial charge in [-0.15, -0.1) is 0 Å². The summed E-state index contributed by atoms with van der Waals surface area (Å²) in [7, 11) is 2.16. The smallest absolute Gasteiger partial charge is 0.0346 e. The SMILES string of the molecule is CC(C)N(C)CCNCc1ccc2cnccc2c1. The van der Waals surface area contributed by atoms with E-state index in [0.717, 1.165) is 19.6 Å². The molecule has 0 saturated carbocycles. The number of pyridine rings is 1. The van der Waals surface area contributed by atoms with Gasteiger partial charge in [-0.05, 0) is 44.0 Å². The zero-order chi connectivity index (χ0) is 13.7. The average molecular weight is 257 g/mol. The van der Waals surface area contributed by atoms with Gasteiger partial charge in [-0.25, -0.2) is 0 Å². The first-order valence-corrected chi connectivity index (χ1v) is 6.90. The Bertz CT molecular complexity index is 522. The molecule has 0 bridgehead atoms. The fraction of sp³-hybridized carbons (Fsp3) is 0.438. The fourth-order valence-corrected chi connectivity index (χ4v) is 1.99. The molecule has 1 heterocycles. The maximum absolute atomic E-state index is 4.13. The van der Waals surface area contributed by atoms with Crippen LogP contribution in [0, 0.1) is 0 Å². The second-order valence-corrected chi connectivity index (χ2v) is 5.31. The molecule has 1 aromatic heterocycles. The van der Waals surface area contributed by atoms with Crippen LogP contribution in [0.5, 0.6) is 0 Å². The van der Waals surface area contributed by atoms with Crippen molar-refractivity contribution in [3.05, 3.63) is 42.2 Å². The topological polar surface area (TPSA) is 28.2 Å². The molecule has 0 amide bonds. The lowest BCUT2D eigenvalue weighted by molar-refractivity contribution is 0.273. The normalized spacial score (nSPS) is 11.6. The minimum atomic E-state index is 0.606. The number of rotatable bonds is 6. The molecule has 0 spiro atoms. The summed E-state index contributed by atoms with van der Waals surface area (Å²) in [6.07, 6.45) is 3.75. The van der Waals surface area contributed by atoms with Gasteiger partial charge in [0.05, 0.1) is 0 Å². The molecule has 0 saturated heterocycles. The summed E-state index contributed by atoms with van der Waals surface area (Å²) in [5.41, 5.74) is 1.32. The van der Waals surface area contributed by atoms with Gasteiger partial charge in [0.2, 0.25) is 0 Å². The van der Waals surface area contributed by atoms with E-state index in [2.05, 4.69) is 60.4 Å². The number of aromatic nitrogens is 1. The van der Waals surface area contributed by atoms with Gasteiger partial charge in [0, 0.05) is 43.5 Å². The Morgan fingerprint density at radius 3 is 2.84 bits per heavy atom. The molecule has 19 heavy (non-hydrogen) atoms. The van der Waals surface area contributed by atoms with Crippen molar-refractivity contribution in [2.45, 2.75) is 26.4 Å². The number of fused-ring (bicyclic) bond motifs is 1. The number of likely N-dealkylation sites (N-methyl/N-ethyl adjacent to an activating group) is 1. The second-order valence-electron chi connectivity index (χ2n) is 5.31. The van der Waals surface area contributed by atoms with Crippen LogP contribution in [0.2, 0.25) is 0 Å². The third kappa shape index (κ3) is 4.01. The van der Waals surface area contributed by atoms with Gasteiger partial charge in [0.25, 0.3) is 0 Å². The van der Waals surface area contributed by atoms with Crippen molar-refractivity contribution in [3.8, 4) is 0 Å². The van der Waals surface area contributed by atoms with E-state index in [0.29, 0.717) is 6.04 Å². The Labute approximate surface area is 115 Å². The van der Waals surface area contributed by atoms with Crippen molar-refractivity contribution in [2.75, 3.05) is 20.1 Å². The predicted molar refractivity (Wildman–Crippen MR) is 81.2 cm³/mol. The molecule has 0 unspecified atom stereocenters. The van der Waals surface area contributed by atoms with Crippen LogP contribution < -0.4 is 5.32 Å². The Kier molecular flexibility index (Phi) is 4.88. The third-order valence-corrected chi connectivity index (χ3v) is 3.56. The number of nitrogens with one attached hydrogen (secondary N) is 1. The molecule has 2 aromatic rings. The Hall–Kier alpha value is -1.45. The molecule has 0 fully saturated rings. The van der Waals surface area contributed by atoms with E-state index in [-0.39, 0.29) is 0 Å². The number of hydrogen-bond donors (Lipinski definition) is 1. The van der Waals surface area contributed by atoms with E-state index in [1.165, 1.54) is 16.3 Å². The zero-order valence-electron chi connectivity index (χ0n) is 12.1. The van der Waals surface area contributed by atoms with Crippen LogP contribution in [0.25, 0.3) is 10.8 Å². The maximum Gasteiger partial charge on any atom is 0.0346 e. The first-order chi connectivity index (χ1) is 9.16. The summed E-state index contributed by atoms with van der Waals surface area (Å²) in [5, 5.41) is 5.95. The first-order valence-electron chi connectivity index (χ1n) is 6.90. The molecule has 3 nitrogen and oxygen atoms in total. The van der Waals surface area contributed by atoms with Gasteiger partial charge in [-0.3, -0.25) is 4.98 Å². The lowest BCUT2D eigenvalue weighted by Crippen LogP contribution is -2.33. The molecule has 3 heteroatoms. The Balaban J connectivity index is 1.85. The molecule has 0 atom stereocenters. The van der Waals surface area contributed by atoms with Gasteiger partial charge in [-0.2, -0.15) is 0 Å². The monoisotopic (exact) mass is 257 g/mol. The summed E-state index contributed by atoms with van der Waals surface area (Å²) in [6.45, 7) is 7.46. The summed E-state index contributed by atoms with van der Waals surface area (Å²) >= 11 is 0. The van der Waals surface area contributed by atoms with Crippen molar-refractivity contribution in [3.63, 3.8) is 0 Å². The minimum Gasteiger partial charge on any atom is -0.311 e. The second kappa shape index (κ2) is 6.64. The summed E-state index contributed by atoms with van der Waals surface area (Å²) in [6, 6.07) is 9.21. The highest BCUT2D eigenvalue weighted by Gasteiger charge is 2.02. The van der Waals surface area contributed by atoms with Crippen LogP contribution in [0.4, 0.5) is 0 Å². The standard InChI is InChI=1S/C16H23N3/c1-13(2)19(3)9-8-18-11-14-4-5-16-12-17-7-6-15(16)10-14/h4-7,10,12-13,18H,8-9,11H2,1-3H3. The number of hydrogen-bond acceptors (Lipinski definition) is 3. The summed E-state index contributed by atoms with van der Waals surface area (Å²) in [4.78, 5) is 6.48. The van der Waals surface area contributed by atoms with Gasteiger partial charge < -0.3 is 10.2 Å². The molecule has 1 aromatic carbocycles. The van der Waals surface area contributed by atoms with Crippen LogP contribution in [0.3, 0.4) is 0 Å². The molecule has 0 radical (unpaired) electrons. The molecular weight excluding hydrogens is 234 g/mol. The van der Waals surface area contributed by atoms with Crippen molar-refractivity contribution < 1.29 is 0 Å². The first kappa shape index (κ1) is 14.0. The molecule has 102 valence electrons.